The van der Waals surface area contributed by atoms with Crippen LogP contribution in [0.1, 0.15) is 44.4 Å². The third-order valence-electron chi connectivity index (χ3n) is 5.02. The number of likely N-dealkylation sites (N-methyl/N-ethyl adjacent to an activating group) is 1. The smallest absolute Gasteiger partial charge is 0.251 e. The molecule has 0 saturated heterocycles. The number of nitrogens with zero attached hydrogens (tertiary/aromatic N) is 1. The highest BCUT2D eigenvalue weighted by atomic mass is 16.2. The fraction of sp³-hybridized carbons (Fsp3) is 0.391. The second kappa shape index (κ2) is 8.91. The highest BCUT2D eigenvalue weighted by molar-refractivity contribution is 5.98. The maximum atomic E-state index is 13.0. The Morgan fingerprint density at radius 3 is 2.54 bits per heavy atom. The van der Waals surface area contributed by atoms with Crippen LogP contribution < -0.4 is 15.5 Å². The van der Waals surface area contributed by atoms with E-state index in [0.29, 0.717) is 6.42 Å². The minimum absolute atomic E-state index is 0.120. The topological polar surface area (TPSA) is 61.4 Å². The van der Waals surface area contributed by atoms with E-state index in [2.05, 4.69) is 28.5 Å². The lowest BCUT2D eigenvalue weighted by Crippen LogP contribution is -2.37. The van der Waals surface area contributed by atoms with E-state index in [0.717, 1.165) is 30.8 Å². The molecule has 0 bridgehead atoms. The molecule has 28 heavy (non-hydrogen) atoms. The van der Waals surface area contributed by atoms with Gasteiger partial charge in [0.15, 0.2) is 0 Å². The zero-order valence-electron chi connectivity index (χ0n) is 16.9. The van der Waals surface area contributed by atoms with Crippen molar-refractivity contribution in [3.63, 3.8) is 0 Å². The summed E-state index contributed by atoms with van der Waals surface area (Å²) in [6.45, 7) is 8.07. The lowest BCUT2D eigenvalue weighted by atomic mass is 10.0. The van der Waals surface area contributed by atoms with Crippen LogP contribution in [-0.2, 0) is 16.0 Å². The Bertz CT molecular complexity index is 833. The van der Waals surface area contributed by atoms with Crippen molar-refractivity contribution in [2.75, 3.05) is 23.3 Å². The largest absolute Gasteiger partial charge is 0.371 e. The van der Waals surface area contributed by atoms with Crippen LogP contribution in [0.15, 0.2) is 48.5 Å². The molecular formula is C23H29N3O2. The standard InChI is InChI=1S/C23H29N3O2/c1-4-26-13-12-17-10-11-19(15-20(17)26)24-23(28)22(18-8-6-5-7-9-18)25-21(27)14-16(2)3/h5-11,15-16,22H,4,12-14H2,1-3H3,(H,24,28)(H,25,27). The van der Waals surface area contributed by atoms with E-state index >= 15 is 0 Å². The van der Waals surface area contributed by atoms with Crippen LogP contribution in [0.5, 0.6) is 0 Å². The van der Waals surface area contributed by atoms with Crippen LogP contribution in [0.4, 0.5) is 11.4 Å². The lowest BCUT2D eigenvalue weighted by molar-refractivity contribution is -0.127. The Labute approximate surface area is 167 Å². The average Bonchev–Trinajstić information content (AvgIpc) is 3.08. The van der Waals surface area contributed by atoms with Crippen molar-refractivity contribution < 1.29 is 9.59 Å². The van der Waals surface area contributed by atoms with Gasteiger partial charge in [-0.05, 0) is 42.5 Å². The molecule has 1 unspecified atom stereocenters. The number of nitrogens with one attached hydrogen (secondary N) is 2. The maximum Gasteiger partial charge on any atom is 0.251 e. The summed E-state index contributed by atoms with van der Waals surface area (Å²) in [5, 5.41) is 5.89. The third kappa shape index (κ3) is 4.71. The molecule has 0 aromatic heterocycles. The summed E-state index contributed by atoms with van der Waals surface area (Å²) in [6, 6.07) is 14.7. The Hall–Kier alpha value is -2.82. The zero-order chi connectivity index (χ0) is 20.1. The van der Waals surface area contributed by atoms with Crippen LogP contribution in [0, 0.1) is 5.92 Å². The number of amides is 2. The van der Waals surface area contributed by atoms with Crippen molar-refractivity contribution in [1.29, 1.82) is 0 Å². The number of rotatable bonds is 7. The van der Waals surface area contributed by atoms with E-state index < -0.39 is 6.04 Å². The molecule has 0 aliphatic carbocycles. The van der Waals surface area contributed by atoms with Crippen molar-refractivity contribution in [1.82, 2.24) is 5.32 Å². The summed E-state index contributed by atoms with van der Waals surface area (Å²) < 4.78 is 0. The molecule has 2 N–H and O–H groups in total. The number of carbonyl (C=O) groups excluding carboxylic acids is 2. The molecule has 2 aromatic carbocycles. The second-order valence-corrected chi connectivity index (χ2v) is 7.67. The summed E-state index contributed by atoms with van der Waals surface area (Å²) in [6.07, 6.45) is 1.43. The summed E-state index contributed by atoms with van der Waals surface area (Å²) in [4.78, 5) is 27.7. The monoisotopic (exact) mass is 379 g/mol. The zero-order valence-corrected chi connectivity index (χ0v) is 16.9. The quantitative estimate of drug-likeness (QED) is 0.767. The van der Waals surface area contributed by atoms with Gasteiger partial charge in [-0.1, -0.05) is 50.2 Å². The molecule has 2 aromatic rings. The minimum atomic E-state index is -0.719. The van der Waals surface area contributed by atoms with Gasteiger partial charge in [-0.15, -0.1) is 0 Å². The Balaban J connectivity index is 1.79. The molecule has 1 atom stereocenters. The van der Waals surface area contributed by atoms with Crippen molar-refractivity contribution in [2.24, 2.45) is 5.92 Å². The van der Waals surface area contributed by atoms with Gasteiger partial charge in [-0.25, -0.2) is 0 Å². The third-order valence-corrected chi connectivity index (χ3v) is 5.02. The van der Waals surface area contributed by atoms with E-state index in [4.69, 9.17) is 0 Å². The maximum absolute atomic E-state index is 13.0. The van der Waals surface area contributed by atoms with Crippen LogP contribution >= 0.6 is 0 Å². The van der Waals surface area contributed by atoms with E-state index in [9.17, 15) is 9.59 Å². The number of hydrogen-bond donors (Lipinski definition) is 2. The van der Waals surface area contributed by atoms with Crippen molar-refractivity contribution in [2.45, 2.75) is 39.7 Å². The average molecular weight is 380 g/mol. The first-order chi connectivity index (χ1) is 13.5. The highest BCUT2D eigenvalue weighted by Gasteiger charge is 2.24. The van der Waals surface area contributed by atoms with Gasteiger partial charge in [-0.3, -0.25) is 9.59 Å². The number of benzene rings is 2. The summed E-state index contributed by atoms with van der Waals surface area (Å²) in [5.41, 5.74) is 4.02. The van der Waals surface area contributed by atoms with Crippen molar-refractivity contribution in [3.8, 4) is 0 Å². The van der Waals surface area contributed by atoms with Crippen LogP contribution in [0.25, 0.3) is 0 Å². The molecule has 148 valence electrons. The van der Waals surface area contributed by atoms with E-state index in [-0.39, 0.29) is 17.7 Å². The molecule has 1 heterocycles. The lowest BCUT2D eigenvalue weighted by Gasteiger charge is -2.21. The molecule has 1 aliphatic heterocycles. The molecule has 2 amide bonds. The van der Waals surface area contributed by atoms with Gasteiger partial charge >= 0.3 is 0 Å². The predicted molar refractivity (Wildman–Crippen MR) is 113 cm³/mol. The fourth-order valence-electron chi connectivity index (χ4n) is 3.60. The van der Waals surface area contributed by atoms with Gasteiger partial charge < -0.3 is 15.5 Å². The molecule has 5 heteroatoms. The molecule has 5 nitrogen and oxygen atoms in total. The Kier molecular flexibility index (Phi) is 6.34. The fourth-order valence-corrected chi connectivity index (χ4v) is 3.60. The van der Waals surface area contributed by atoms with Gasteiger partial charge in [0.25, 0.3) is 5.91 Å². The van der Waals surface area contributed by atoms with Crippen molar-refractivity contribution in [3.05, 3.63) is 59.7 Å². The van der Waals surface area contributed by atoms with E-state index in [1.54, 1.807) is 0 Å². The van der Waals surface area contributed by atoms with E-state index in [1.807, 2.05) is 56.3 Å². The van der Waals surface area contributed by atoms with Gasteiger partial charge in [-0.2, -0.15) is 0 Å². The highest BCUT2D eigenvalue weighted by Crippen LogP contribution is 2.31. The molecule has 0 fully saturated rings. The Morgan fingerprint density at radius 2 is 1.86 bits per heavy atom. The van der Waals surface area contributed by atoms with Gasteiger partial charge in [0.2, 0.25) is 5.91 Å². The van der Waals surface area contributed by atoms with Crippen LogP contribution in [-0.4, -0.2) is 24.9 Å². The minimum Gasteiger partial charge on any atom is -0.371 e. The number of carbonyl (C=O) groups is 2. The molecule has 3 rings (SSSR count). The first kappa shape index (κ1) is 19.9. The summed E-state index contributed by atoms with van der Waals surface area (Å²) >= 11 is 0. The van der Waals surface area contributed by atoms with Gasteiger partial charge in [0.05, 0.1) is 0 Å². The first-order valence-corrected chi connectivity index (χ1v) is 10.0. The molecule has 0 radical (unpaired) electrons. The van der Waals surface area contributed by atoms with Gasteiger partial charge in [0, 0.05) is 30.9 Å². The van der Waals surface area contributed by atoms with Crippen molar-refractivity contribution >= 4 is 23.2 Å². The summed E-state index contributed by atoms with van der Waals surface area (Å²) in [5.74, 6) is -0.120. The van der Waals surface area contributed by atoms with Crippen LogP contribution in [0.3, 0.4) is 0 Å². The first-order valence-electron chi connectivity index (χ1n) is 10.0. The number of hydrogen-bond acceptors (Lipinski definition) is 3. The van der Waals surface area contributed by atoms with Crippen LogP contribution in [0.2, 0.25) is 0 Å². The normalized spacial score (nSPS) is 13.9. The Morgan fingerprint density at radius 1 is 1.11 bits per heavy atom. The van der Waals surface area contributed by atoms with E-state index in [1.165, 1.54) is 11.3 Å². The second-order valence-electron chi connectivity index (χ2n) is 7.67. The molecule has 0 saturated carbocycles. The predicted octanol–water partition coefficient (Wildman–Crippen LogP) is 3.91. The molecule has 0 spiro atoms. The van der Waals surface area contributed by atoms with Gasteiger partial charge in [0.1, 0.15) is 6.04 Å². The molecule has 1 aliphatic rings. The number of fused-ring (bicyclic) bond motifs is 1. The SMILES string of the molecule is CCN1CCc2ccc(NC(=O)C(NC(=O)CC(C)C)c3ccccc3)cc21. The summed E-state index contributed by atoms with van der Waals surface area (Å²) in [7, 11) is 0. The number of anilines is 2. The molecular weight excluding hydrogens is 350 g/mol.